The molecule has 1 atom stereocenters. The Labute approximate surface area is 93.8 Å². The Kier molecular flexibility index (Phi) is 4.46. The molecule has 0 fully saturated rings. The minimum atomic E-state index is -2.42. The molecular formula is C11H16F2N2O. The smallest absolute Gasteiger partial charge is 0.258 e. The molecule has 0 amide bonds. The first-order valence-corrected chi connectivity index (χ1v) is 5.17. The van der Waals surface area contributed by atoms with Crippen molar-refractivity contribution in [3.05, 3.63) is 18.3 Å². The van der Waals surface area contributed by atoms with E-state index in [2.05, 4.69) is 10.3 Å². The molecule has 1 heterocycles. The highest BCUT2D eigenvalue weighted by Crippen LogP contribution is 2.23. The molecule has 90 valence electrons. The zero-order chi connectivity index (χ0) is 12.1. The van der Waals surface area contributed by atoms with E-state index in [1.165, 1.54) is 6.92 Å². The van der Waals surface area contributed by atoms with Gasteiger partial charge in [-0.3, -0.25) is 0 Å². The highest BCUT2D eigenvalue weighted by atomic mass is 19.3. The van der Waals surface area contributed by atoms with Gasteiger partial charge in [0.1, 0.15) is 0 Å². The van der Waals surface area contributed by atoms with Crippen molar-refractivity contribution in [3.8, 4) is 5.88 Å². The zero-order valence-corrected chi connectivity index (χ0v) is 9.58. The van der Waals surface area contributed by atoms with Crippen LogP contribution in [0.1, 0.15) is 20.8 Å². The maximum atomic E-state index is 12.4. The number of alkyl halides is 2. The molecule has 0 saturated heterocycles. The fraction of sp³-hybridized carbons (Fsp3) is 0.545. The fourth-order valence-corrected chi connectivity index (χ4v) is 1.13. The Morgan fingerprint density at radius 3 is 2.56 bits per heavy atom. The van der Waals surface area contributed by atoms with E-state index in [1.807, 2.05) is 13.8 Å². The van der Waals surface area contributed by atoms with Crippen LogP contribution in [0.4, 0.5) is 14.5 Å². The summed E-state index contributed by atoms with van der Waals surface area (Å²) in [5.74, 6) is 0.352. The average Bonchev–Trinajstić information content (AvgIpc) is 2.20. The predicted molar refractivity (Wildman–Crippen MR) is 59.1 cm³/mol. The minimum Gasteiger partial charge on any atom is -0.473 e. The van der Waals surface area contributed by atoms with Crippen LogP contribution in [-0.4, -0.2) is 23.6 Å². The Bertz CT molecular complexity index is 332. The molecular weight excluding hydrogens is 214 g/mol. The molecule has 16 heavy (non-hydrogen) atoms. The third kappa shape index (κ3) is 3.64. The number of aromatic nitrogens is 1. The van der Waals surface area contributed by atoms with E-state index < -0.39 is 12.5 Å². The lowest BCUT2D eigenvalue weighted by Gasteiger charge is -2.17. The van der Waals surface area contributed by atoms with Crippen molar-refractivity contribution in [3.63, 3.8) is 0 Å². The standard InChI is InChI=1S/C11H16F2N2O/c1-7(2)16-11-9(5-4-6-14-11)15-8(3)10(12)13/h4-8,10,15H,1-3H3. The first-order chi connectivity index (χ1) is 7.50. The molecule has 1 aromatic rings. The third-order valence-corrected chi connectivity index (χ3v) is 1.88. The first-order valence-electron chi connectivity index (χ1n) is 5.17. The van der Waals surface area contributed by atoms with Gasteiger partial charge in [0.2, 0.25) is 5.88 Å². The molecule has 1 aromatic heterocycles. The number of nitrogens with one attached hydrogen (secondary N) is 1. The number of halogens is 2. The summed E-state index contributed by atoms with van der Waals surface area (Å²) in [5.41, 5.74) is 0.490. The van der Waals surface area contributed by atoms with Crippen LogP contribution in [0.5, 0.6) is 5.88 Å². The normalized spacial score (nSPS) is 12.9. The van der Waals surface area contributed by atoms with Crippen molar-refractivity contribution < 1.29 is 13.5 Å². The average molecular weight is 230 g/mol. The summed E-state index contributed by atoms with van der Waals surface area (Å²) >= 11 is 0. The summed E-state index contributed by atoms with van der Waals surface area (Å²) in [6, 6.07) is 2.41. The first kappa shape index (κ1) is 12.7. The molecule has 0 radical (unpaired) electrons. The molecule has 3 nitrogen and oxygen atoms in total. The zero-order valence-electron chi connectivity index (χ0n) is 9.58. The van der Waals surface area contributed by atoms with Gasteiger partial charge in [0.05, 0.1) is 17.8 Å². The Hall–Kier alpha value is -1.39. The van der Waals surface area contributed by atoms with Crippen molar-refractivity contribution in [1.82, 2.24) is 4.98 Å². The van der Waals surface area contributed by atoms with Gasteiger partial charge < -0.3 is 10.1 Å². The Balaban J connectivity index is 2.78. The molecule has 0 aliphatic rings. The van der Waals surface area contributed by atoms with E-state index in [0.717, 1.165) is 0 Å². The lowest BCUT2D eigenvalue weighted by Crippen LogP contribution is -2.24. The maximum Gasteiger partial charge on any atom is 0.258 e. The van der Waals surface area contributed by atoms with Crippen LogP contribution in [0, 0.1) is 0 Å². The summed E-state index contributed by atoms with van der Waals surface area (Å²) in [6.07, 6.45) is -0.903. The number of anilines is 1. The number of nitrogens with zero attached hydrogens (tertiary/aromatic N) is 1. The van der Waals surface area contributed by atoms with Gasteiger partial charge in [0.15, 0.2) is 0 Å². The van der Waals surface area contributed by atoms with Crippen LogP contribution >= 0.6 is 0 Å². The van der Waals surface area contributed by atoms with Crippen LogP contribution in [0.2, 0.25) is 0 Å². The van der Waals surface area contributed by atoms with E-state index in [4.69, 9.17) is 4.74 Å². The summed E-state index contributed by atoms with van der Waals surface area (Å²) < 4.78 is 30.2. The van der Waals surface area contributed by atoms with E-state index in [1.54, 1.807) is 18.3 Å². The van der Waals surface area contributed by atoms with Crippen molar-refractivity contribution >= 4 is 5.69 Å². The molecule has 0 bridgehead atoms. The fourth-order valence-electron chi connectivity index (χ4n) is 1.13. The van der Waals surface area contributed by atoms with Crippen LogP contribution in [0.25, 0.3) is 0 Å². The minimum absolute atomic E-state index is 0.0442. The molecule has 1 unspecified atom stereocenters. The molecule has 0 spiro atoms. The molecule has 0 aliphatic heterocycles. The van der Waals surface area contributed by atoms with Crippen molar-refractivity contribution in [2.24, 2.45) is 0 Å². The molecule has 1 N–H and O–H groups in total. The SMILES string of the molecule is CC(C)Oc1ncccc1NC(C)C(F)F. The van der Waals surface area contributed by atoms with Gasteiger partial charge in [-0.15, -0.1) is 0 Å². The summed E-state index contributed by atoms with van der Waals surface area (Å²) in [4.78, 5) is 4.00. The van der Waals surface area contributed by atoms with Gasteiger partial charge in [-0.2, -0.15) is 0 Å². The van der Waals surface area contributed by atoms with Crippen molar-refractivity contribution in [2.45, 2.75) is 39.3 Å². The highest BCUT2D eigenvalue weighted by molar-refractivity contribution is 5.52. The highest BCUT2D eigenvalue weighted by Gasteiger charge is 2.16. The topological polar surface area (TPSA) is 34.1 Å². The summed E-state index contributed by atoms with van der Waals surface area (Å²) in [5, 5.41) is 2.68. The Morgan fingerprint density at radius 2 is 2.00 bits per heavy atom. The second-order valence-corrected chi connectivity index (χ2v) is 3.79. The quantitative estimate of drug-likeness (QED) is 0.844. The lowest BCUT2D eigenvalue weighted by atomic mass is 10.3. The number of rotatable bonds is 5. The number of pyridine rings is 1. The summed E-state index contributed by atoms with van der Waals surface area (Å²) in [6.45, 7) is 5.13. The van der Waals surface area contributed by atoms with Gasteiger partial charge in [0.25, 0.3) is 6.43 Å². The lowest BCUT2D eigenvalue weighted by molar-refractivity contribution is 0.130. The van der Waals surface area contributed by atoms with Crippen molar-refractivity contribution in [2.75, 3.05) is 5.32 Å². The van der Waals surface area contributed by atoms with Gasteiger partial charge in [-0.1, -0.05) is 0 Å². The monoisotopic (exact) mass is 230 g/mol. The maximum absolute atomic E-state index is 12.4. The van der Waals surface area contributed by atoms with E-state index in [-0.39, 0.29) is 6.10 Å². The van der Waals surface area contributed by atoms with Gasteiger partial charge in [0, 0.05) is 6.20 Å². The largest absolute Gasteiger partial charge is 0.473 e. The summed E-state index contributed by atoms with van der Waals surface area (Å²) in [7, 11) is 0. The number of hydrogen-bond acceptors (Lipinski definition) is 3. The van der Waals surface area contributed by atoms with Gasteiger partial charge in [-0.05, 0) is 32.9 Å². The Morgan fingerprint density at radius 1 is 1.31 bits per heavy atom. The van der Waals surface area contributed by atoms with Gasteiger partial charge >= 0.3 is 0 Å². The molecule has 1 rings (SSSR count). The van der Waals surface area contributed by atoms with Crippen LogP contribution in [-0.2, 0) is 0 Å². The molecule has 5 heteroatoms. The predicted octanol–water partition coefficient (Wildman–Crippen LogP) is 2.93. The van der Waals surface area contributed by atoms with Crippen LogP contribution < -0.4 is 10.1 Å². The molecule has 0 aromatic carbocycles. The van der Waals surface area contributed by atoms with E-state index in [9.17, 15) is 8.78 Å². The van der Waals surface area contributed by atoms with Crippen LogP contribution in [0.15, 0.2) is 18.3 Å². The number of ether oxygens (including phenoxy) is 1. The second kappa shape index (κ2) is 5.63. The van der Waals surface area contributed by atoms with Crippen molar-refractivity contribution in [1.29, 1.82) is 0 Å². The third-order valence-electron chi connectivity index (χ3n) is 1.88. The molecule has 0 aliphatic carbocycles. The molecule has 0 saturated carbocycles. The van der Waals surface area contributed by atoms with Crippen LogP contribution in [0.3, 0.4) is 0 Å². The van der Waals surface area contributed by atoms with Gasteiger partial charge in [-0.25, -0.2) is 13.8 Å². The number of hydrogen-bond donors (Lipinski definition) is 1. The van der Waals surface area contributed by atoms with E-state index in [0.29, 0.717) is 11.6 Å². The van der Waals surface area contributed by atoms with E-state index >= 15 is 0 Å². The second-order valence-electron chi connectivity index (χ2n) is 3.79.